The zero-order valence-corrected chi connectivity index (χ0v) is 16.6. The molecule has 0 radical (unpaired) electrons. The molecule has 0 spiro atoms. The van der Waals surface area contributed by atoms with Gasteiger partial charge in [0.05, 0.1) is 12.0 Å². The summed E-state index contributed by atoms with van der Waals surface area (Å²) in [4.78, 5) is 17.8. The molecule has 0 unspecified atom stereocenters. The summed E-state index contributed by atoms with van der Waals surface area (Å²) in [7, 11) is 0. The summed E-state index contributed by atoms with van der Waals surface area (Å²) < 4.78 is 13.3. The Morgan fingerprint density at radius 2 is 1.93 bits per heavy atom. The third kappa shape index (κ3) is 3.58. The normalized spacial score (nSPS) is 22.2. The zero-order chi connectivity index (χ0) is 19.7. The topological polar surface area (TPSA) is 35.6 Å². The highest BCUT2D eigenvalue weighted by Gasteiger charge is 2.41. The number of carbonyl (C=O) groups is 1. The molecule has 0 aromatic heterocycles. The number of hydrogen-bond donors (Lipinski definition) is 1. The Hall–Kier alpha value is -2.56. The van der Waals surface area contributed by atoms with Crippen LogP contribution in [0.2, 0.25) is 0 Å². The van der Waals surface area contributed by atoms with Gasteiger partial charge < -0.3 is 15.1 Å². The molecule has 1 saturated heterocycles. The van der Waals surface area contributed by atoms with E-state index in [1.165, 1.54) is 23.4 Å². The Bertz CT molecular complexity index is 838. The summed E-state index contributed by atoms with van der Waals surface area (Å²) in [5.41, 5.74) is 3.51. The first-order valence-corrected chi connectivity index (χ1v) is 10.2. The summed E-state index contributed by atoms with van der Waals surface area (Å²) >= 11 is 0. The first kappa shape index (κ1) is 18.8. The Labute approximate surface area is 166 Å². The van der Waals surface area contributed by atoms with E-state index in [1.54, 1.807) is 0 Å². The van der Waals surface area contributed by atoms with E-state index >= 15 is 0 Å². The highest BCUT2D eigenvalue weighted by molar-refractivity contribution is 5.82. The molecule has 148 valence electrons. The molecule has 1 amide bonds. The van der Waals surface area contributed by atoms with Crippen molar-refractivity contribution in [3.63, 3.8) is 0 Å². The maximum absolute atomic E-state index is 13.3. The Balaban J connectivity index is 1.62. The number of benzene rings is 2. The van der Waals surface area contributed by atoms with Crippen LogP contribution in [0.3, 0.4) is 0 Å². The molecule has 2 aromatic carbocycles. The van der Waals surface area contributed by atoms with Crippen molar-refractivity contribution < 1.29 is 9.18 Å². The zero-order valence-electron chi connectivity index (χ0n) is 16.6. The van der Waals surface area contributed by atoms with E-state index in [-0.39, 0.29) is 29.7 Å². The Morgan fingerprint density at radius 1 is 1.18 bits per heavy atom. The molecule has 1 N–H and O–H groups in total. The minimum Gasteiger partial charge on any atom is -0.368 e. The van der Waals surface area contributed by atoms with Gasteiger partial charge in [0.1, 0.15) is 5.82 Å². The van der Waals surface area contributed by atoms with Gasteiger partial charge in [0, 0.05) is 37.1 Å². The summed E-state index contributed by atoms with van der Waals surface area (Å²) in [5, 5.41) is 3.19. The quantitative estimate of drug-likeness (QED) is 0.879. The second-order valence-corrected chi connectivity index (χ2v) is 7.94. The van der Waals surface area contributed by atoms with Crippen molar-refractivity contribution in [1.29, 1.82) is 0 Å². The molecule has 28 heavy (non-hydrogen) atoms. The highest BCUT2D eigenvalue weighted by atomic mass is 19.1. The monoisotopic (exact) mass is 381 g/mol. The first-order chi connectivity index (χ1) is 13.6. The Kier molecular flexibility index (Phi) is 5.25. The van der Waals surface area contributed by atoms with Crippen LogP contribution in [0.1, 0.15) is 25.8 Å². The fourth-order valence-corrected chi connectivity index (χ4v) is 4.40. The van der Waals surface area contributed by atoms with Gasteiger partial charge in [-0.2, -0.15) is 0 Å². The van der Waals surface area contributed by atoms with Crippen LogP contribution in [0.5, 0.6) is 0 Å². The summed E-state index contributed by atoms with van der Waals surface area (Å²) in [6.07, 6.45) is 1.68. The number of hydrogen-bond acceptors (Lipinski definition) is 3. The van der Waals surface area contributed by atoms with Crippen LogP contribution < -0.4 is 15.1 Å². The van der Waals surface area contributed by atoms with Gasteiger partial charge in [0.25, 0.3) is 0 Å². The van der Waals surface area contributed by atoms with Gasteiger partial charge >= 0.3 is 0 Å². The van der Waals surface area contributed by atoms with Crippen molar-refractivity contribution in [2.24, 2.45) is 5.92 Å². The van der Waals surface area contributed by atoms with Crippen molar-refractivity contribution in [3.8, 4) is 0 Å². The lowest BCUT2D eigenvalue weighted by Crippen LogP contribution is -2.61. The fourth-order valence-electron chi connectivity index (χ4n) is 4.40. The third-order valence-corrected chi connectivity index (χ3v) is 6.15. The average Bonchev–Trinajstić information content (AvgIpc) is 2.73. The second-order valence-electron chi connectivity index (χ2n) is 7.94. The molecule has 2 heterocycles. The summed E-state index contributed by atoms with van der Waals surface area (Å²) in [6, 6.07) is 15.4. The molecular weight excluding hydrogens is 353 g/mol. The van der Waals surface area contributed by atoms with Crippen molar-refractivity contribution >= 4 is 17.3 Å². The average molecular weight is 381 g/mol. The molecule has 5 heteroatoms. The number of anilines is 2. The van der Waals surface area contributed by atoms with E-state index < -0.39 is 0 Å². The van der Waals surface area contributed by atoms with E-state index in [2.05, 4.69) is 53.2 Å². The van der Waals surface area contributed by atoms with Gasteiger partial charge in [0.15, 0.2) is 0 Å². The molecule has 3 atom stereocenters. The molecule has 4 rings (SSSR count). The summed E-state index contributed by atoms with van der Waals surface area (Å²) in [6.45, 7) is 6.61. The minimum absolute atomic E-state index is 0.0906. The Morgan fingerprint density at radius 3 is 2.68 bits per heavy atom. The minimum atomic E-state index is -0.222. The van der Waals surface area contributed by atoms with Crippen molar-refractivity contribution in [1.82, 2.24) is 5.32 Å². The lowest BCUT2D eigenvalue weighted by Gasteiger charge is -2.49. The molecule has 2 aromatic rings. The van der Waals surface area contributed by atoms with Crippen molar-refractivity contribution in [2.75, 3.05) is 29.4 Å². The number of nitrogens with zero attached hydrogens (tertiary/aromatic N) is 2. The third-order valence-electron chi connectivity index (χ3n) is 6.15. The molecular formula is C23H28FN3O. The largest absolute Gasteiger partial charge is 0.368 e. The van der Waals surface area contributed by atoms with Gasteiger partial charge in [-0.25, -0.2) is 4.39 Å². The van der Waals surface area contributed by atoms with Crippen LogP contribution in [-0.2, 0) is 11.2 Å². The molecule has 0 bridgehead atoms. The number of piperazine rings is 1. The number of halogens is 1. The van der Waals surface area contributed by atoms with Crippen LogP contribution in [0, 0.1) is 11.7 Å². The van der Waals surface area contributed by atoms with Gasteiger partial charge in [-0.1, -0.05) is 25.1 Å². The molecule has 2 aliphatic heterocycles. The number of carbonyl (C=O) groups excluding carboxylic acids is 1. The number of para-hydroxylation sites is 1. The van der Waals surface area contributed by atoms with Gasteiger partial charge in [0.2, 0.25) is 5.91 Å². The maximum Gasteiger partial charge on any atom is 0.225 e. The van der Waals surface area contributed by atoms with Gasteiger partial charge in [-0.15, -0.1) is 0 Å². The number of amides is 1. The van der Waals surface area contributed by atoms with Crippen LogP contribution in [-0.4, -0.2) is 37.6 Å². The molecule has 0 aliphatic carbocycles. The first-order valence-electron chi connectivity index (χ1n) is 10.2. The SMILES string of the molecule is CC[C@H](C)NC(=O)[C@@H]1Cc2ccccc2N2CCN(c3ccc(F)cc3)C[C@@H]12. The second kappa shape index (κ2) is 7.82. The van der Waals surface area contributed by atoms with E-state index in [0.29, 0.717) is 0 Å². The molecule has 0 saturated carbocycles. The molecule has 2 aliphatic rings. The number of rotatable bonds is 4. The van der Waals surface area contributed by atoms with Crippen LogP contribution >= 0.6 is 0 Å². The maximum atomic E-state index is 13.3. The van der Waals surface area contributed by atoms with E-state index in [4.69, 9.17) is 0 Å². The fraction of sp³-hybridized carbons (Fsp3) is 0.435. The lowest BCUT2D eigenvalue weighted by atomic mass is 9.83. The summed E-state index contributed by atoms with van der Waals surface area (Å²) in [5.74, 6) is -0.174. The standard InChI is InChI=1S/C23H28FN3O/c1-3-16(2)25-23(28)20-14-17-6-4-5-7-21(17)27-13-12-26(15-22(20)27)19-10-8-18(24)9-11-19/h4-11,16,20,22H,3,12-15H2,1-2H3,(H,25,28)/t16-,20+,22-/m0/s1. The predicted octanol–water partition coefficient (Wildman–Crippen LogP) is 3.61. The number of nitrogens with one attached hydrogen (secondary N) is 1. The lowest BCUT2D eigenvalue weighted by molar-refractivity contribution is -0.126. The smallest absolute Gasteiger partial charge is 0.225 e. The van der Waals surface area contributed by atoms with Crippen LogP contribution in [0.4, 0.5) is 15.8 Å². The van der Waals surface area contributed by atoms with Crippen LogP contribution in [0.25, 0.3) is 0 Å². The van der Waals surface area contributed by atoms with Crippen molar-refractivity contribution in [3.05, 3.63) is 59.9 Å². The highest BCUT2D eigenvalue weighted by Crippen LogP contribution is 2.37. The number of fused-ring (bicyclic) bond motifs is 3. The van der Waals surface area contributed by atoms with Gasteiger partial charge in [-0.05, 0) is 55.7 Å². The molecule has 4 nitrogen and oxygen atoms in total. The van der Waals surface area contributed by atoms with Gasteiger partial charge in [-0.3, -0.25) is 4.79 Å². The van der Waals surface area contributed by atoms with E-state index in [0.717, 1.165) is 38.2 Å². The molecule has 1 fully saturated rings. The van der Waals surface area contributed by atoms with Crippen molar-refractivity contribution in [2.45, 2.75) is 38.8 Å². The van der Waals surface area contributed by atoms with Crippen LogP contribution in [0.15, 0.2) is 48.5 Å². The van der Waals surface area contributed by atoms with E-state index in [9.17, 15) is 9.18 Å². The van der Waals surface area contributed by atoms with E-state index in [1.807, 2.05) is 12.1 Å². The predicted molar refractivity (Wildman–Crippen MR) is 111 cm³/mol.